The minimum absolute atomic E-state index is 0.0557. The van der Waals surface area contributed by atoms with Crippen LogP contribution in [0.4, 0.5) is 0 Å². The van der Waals surface area contributed by atoms with Crippen LogP contribution in [0.25, 0.3) is 0 Å². The third-order valence-electron chi connectivity index (χ3n) is 3.51. The fourth-order valence-corrected chi connectivity index (χ4v) is 3.59. The molecule has 1 N–H and O–H groups in total. The Morgan fingerprint density at radius 1 is 1.41 bits per heavy atom. The lowest BCUT2D eigenvalue weighted by atomic mass is 9.76. The molecule has 2 fully saturated rings. The van der Waals surface area contributed by atoms with Crippen LogP contribution in [-0.2, 0) is 14.3 Å². The van der Waals surface area contributed by atoms with E-state index in [1.54, 1.807) is 0 Å². The number of rotatable bonds is 1. The van der Waals surface area contributed by atoms with Crippen LogP contribution in [0, 0.1) is 5.92 Å². The SMILES string of the molecule is COC(=O)C1CC(=O)C2CC(Cl)CC(Cl)C2N1. The maximum atomic E-state index is 12.0. The summed E-state index contributed by atoms with van der Waals surface area (Å²) in [6.07, 6.45) is 1.45. The highest BCUT2D eigenvalue weighted by Crippen LogP contribution is 2.35. The Hall–Kier alpha value is -0.320. The summed E-state index contributed by atoms with van der Waals surface area (Å²) < 4.78 is 4.65. The second kappa shape index (κ2) is 5.12. The average Bonchev–Trinajstić information content (AvgIpc) is 2.29. The van der Waals surface area contributed by atoms with E-state index in [1.807, 2.05) is 0 Å². The molecule has 1 aliphatic carbocycles. The van der Waals surface area contributed by atoms with Gasteiger partial charge in [-0.1, -0.05) is 0 Å². The van der Waals surface area contributed by atoms with E-state index in [-0.39, 0.29) is 34.9 Å². The van der Waals surface area contributed by atoms with E-state index in [4.69, 9.17) is 23.2 Å². The number of alkyl halides is 2. The lowest BCUT2D eigenvalue weighted by Gasteiger charge is -2.42. The molecule has 0 bridgehead atoms. The monoisotopic (exact) mass is 279 g/mol. The number of methoxy groups -OCH3 is 1. The van der Waals surface area contributed by atoms with Crippen molar-refractivity contribution < 1.29 is 14.3 Å². The van der Waals surface area contributed by atoms with Crippen LogP contribution in [0.3, 0.4) is 0 Å². The normalized spacial score (nSPS) is 41.8. The van der Waals surface area contributed by atoms with Crippen molar-refractivity contribution in [2.75, 3.05) is 7.11 Å². The third-order valence-corrected chi connectivity index (χ3v) is 4.32. The minimum Gasteiger partial charge on any atom is -0.468 e. The van der Waals surface area contributed by atoms with Crippen molar-refractivity contribution >= 4 is 35.0 Å². The zero-order valence-corrected chi connectivity index (χ0v) is 11.0. The van der Waals surface area contributed by atoms with Crippen LogP contribution >= 0.6 is 23.2 Å². The van der Waals surface area contributed by atoms with E-state index in [9.17, 15) is 9.59 Å². The maximum Gasteiger partial charge on any atom is 0.323 e. The van der Waals surface area contributed by atoms with Gasteiger partial charge in [-0.3, -0.25) is 14.9 Å². The second-order valence-electron chi connectivity index (χ2n) is 4.63. The summed E-state index contributed by atoms with van der Waals surface area (Å²) in [6.45, 7) is 0. The topological polar surface area (TPSA) is 55.4 Å². The third kappa shape index (κ3) is 2.59. The van der Waals surface area contributed by atoms with Crippen molar-refractivity contribution in [2.24, 2.45) is 5.92 Å². The van der Waals surface area contributed by atoms with Gasteiger partial charge in [-0.15, -0.1) is 23.2 Å². The van der Waals surface area contributed by atoms with Crippen LogP contribution in [0.2, 0.25) is 0 Å². The van der Waals surface area contributed by atoms with E-state index in [1.165, 1.54) is 7.11 Å². The van der Waals surface area contributed by atoms with Gasteiger partial charge in [0.25, 0.3) is 0 Å². The number of carbonyl (C=O) groups excluding carboxylic acids is 2. The fraction of sp³-hybridized carbons (Fsp3) is 0.818. The van der Waals surface area contributed by atoms with Crippen molar-refractivity contribution in [1.29, 1.82) is 0 Å². The highest BCUT2D eigenvalue weighted by molar-refractivity contribution is 6.24. The maximum absolute atomic E-state index is 12.0. The highest BCUT2D eigenvalue weighted by atomic mass is 35.5. The smallest absolute Gasteiger partial charge is 0.323 e. The molecule has 6 heteroatoms. The number of hydrogen-bond acceptors (Lipinski definition) is 4. The first-order chi connectivity index (χ1) is 8.02. The summed E-state index contributed by atoms with van der Waals surface area (Å²) in [5, 5.41) is 2.85. The largest absolute Gasteiger partial charge is 0.468 e. The molecule has 0 aromatic rings. The summed E-state index contributed by atoms with van der Waals surface area (Å²) in [7, 11) is 1.31. The van der Waals surface area contributed by atoms with Gasteiger partial charge in [-0.25, -0.2) is 0 Å². The van der Waals surface area contributed by atoms with E-state index in [0.717, 1.165) is 0 Å². The number of esters is 1. The molecule has 1 heterocycles. The highest BCUT2D eigenvalue weighted by Gasteiger charge is 2.46. The number of hydrogen-bond donors (Lipinski definition) is 1. The molecule has 17 heavy (non-hydrogen) atoms. The number of fused-ring (bicyclic) bond motifs is 1. The molecule has 2 aliphatic rings. The zero-order chi connectivity index (χ0) is 12.6. The Morgan fingerprint density at radius 3 is 2.76 bits per heavy atom. The van der Waals surface area contributed by atoms with Gasteiger partial charge >= 0.3 is 5.97 Å². The first-order valence-electron chi connectivity index (χ1n) is 5.67. The molecule has 0 aromatic heterocycles. The van der Waals surface area contributed by atoms with Gasteiger partial charge in [0.2, 0.25) is 0 Å². The fourth-order valence-electron chi connectivity index (χ4n) is 2.65. The second-order valence-corrected chi connectivity index (χ2v) is 5.81. The number of carbonyl (C=O) groups is 2. The van der Waals surface area contributed by atoms with Crippen LogP contribution in [0.1, 0.15) is 19.3 Å². The lowest BCUT2D eigenvalue weighted by Crippen LogP contribution is -2.61. The molecule has 0 aromatic carbocycles. The number of nitrogens with one attached hydrogen (secondary N) is 1. The van der Waals surface area contributed by atoms with Crippen molar-refractivity contribution in [3.63, 3.8) is 0 Å². The van der Waals surface area contributed by atoms with Gasteiger partial charge in [-0.05, 0) is 12.8 Å². The van der Waals surface area contributed by atoms with Gasteiger partial charge in [-0.2, -0.15) is 0 Å². The van der Waals surface area contributed by atoms with Crippen LogP contribution in [-0.4, -0.2) is 41.7 Å². The van der Waals surface area contributed by atoms with E-state index in [2.05, 4.69) is 10.1 Å². The van der Waals surface area contributed by atoms with Crippen molar-refractivity contribution in [2.45, 2.75) is 42.1 Å². The Labute approximate surface area is 110 Å². The Morgan fingerprint density at radius 2 is 2.12 bits per heavy atom. The van der Waals surface area contributed by atoms with Gasteiger partial charge in [0, 0.05) is 23.8 Å². The van der Waals surface area contributed by atoms with Crippen LogP contribution < -0.4 is 5.32 Å². The summed E-state index contributed by atoms with van der Waals surface area (Å²) in [5.41, 5.74) is 0. The van der Waals surface area contributed by atoms with Crippen LogP contribution in [0.5, 0.6) is 0 Å². The number of Topliss-reactive ketones (excluding diaryl/α,β-unsaturated/α-hetero) is 1. The van der Waals surface area contributed by atoms with Crippen molar-refractivity contribution in [1.82, 2.24) is 5.32 Å². The predicted molar refractivity (Wildman–Crippen MR) is 64.4 cm³/mol. The Bertz CT molecular complexity index is 337. The van der Waals surface area contributed by atoms with Gasteiger partial charge in [0.05, 0.1) is 12.5 Å². The predicted octanol–water partition coefficient (Wildman–Crippen LogP) is 1.08. The molecule has 0 spiro atoms. The molecular formula is C11H15Cl2NO3. The Balaban J connectivity index is 2.12. The molecule has 1 saturated carbocycles. The van der Waals surface area contributed by atoms with Gasteiger partial charge in [0.15, 0.2) is 0 Å². The molecule has 5 atom stereocenters. The van der Waals surface area contributed by atoms with E-state index in [0.29, 0.717) is 12.8 Å². The molecule has 2 rings (SSSR count). The number of halogens is 2. The summed E-state index contributed by atoms with van der Waals surface area (Å²) in [6, 6.07) is -0.737. The van der Waals surface area contributed by atoms with Crippen molar-refractivity contribution in [3.05, 3.63) is 0 Å². The summed E-state index contributed by atoms with van der Waals surface area (Å²) >= 11 is 12.3. The molecular weight excluding hydrogens is 265 g/mol. The average molecular weight is 280 g/mol. The molecule has 1 aliphatic heterocycles. The van der Waals surface area contributed by atoms with Gasteiger partial charge in [0.1, 0.15) is 11.8 Å². The first-order valence-corrected chi connectivity index (χ1v) is 6.55. The molecule has 5 unspecified atom stereocenters. The quantitative estimate of drug-likeness (QED) is 0.577. The standard InChI is InChI=1S/C11H15Cl2NO3/c1-17-11(16)8-4-9(15)6-2-5(12)3-7(13)10(6)14-8/h5-8,10,14H,2-4H2,1H3. The zero-order valence-electron chi connectivity index (χ0n) is 9.49. The first kappa shape index (κ1) is 13.1. The minimum atomic E-state index is -0.568. The lowest BCUT2D eigenvalue weighted by molar-refractivity contribution is -0.147. The Kier molecular flexibility index (Phi) is 3.95. The summed E-state index contributed by atoms with van der Waals surface area (Å²) in [5.74, 6) is -0.525. The molecule has 0 radical (unpaired) electrons. The molecule has 0 amide bonds. The molecule has 1 saturated heterocycles. The van der Waals surface area contributed by atoms with Gasteiger partial charge < -0.3 is 4.74 Å². The summed E-state index contributed by atoms with van der Waals surface area (Å²) in [4.78, 5) is 23.4. The van der Waals surface area contributed by atoms with E-state index >= 15 is 0 Å². The number of ketones is 1. The number of piperidine rings is 1. The number of ether oxygens (including phenoxy) is 1. The molecule has 4 nitrogen and oxygen atoms in total. The van der Waals surface area contributed by atoms with Crippen molar-refractivity contribution in [3.8, 4) is 0 Å². The molecule has 96 valence electrons. The van der Waals surface area contributed by atoms with E-state index < -0.39 is 12.0 Å². The van der Waals surface area contributed by atoms with Crippen LogP contribution in [0.15, 0.2) is 0 Å².